The highest BCUT2D eigenvalue weighted by Gasteiger charge is 2.38. The first-order valence-electron chi connectivity index (χ1n) is 7.17. The van der Waals surface area contributed by atoms with Gasteiger partial charge in [0.05, 0.1) is 17.5 Å². The van der Waals surface area contributed by atoms with Gasteiger partial charge in [-0.25, -0.2) is 9.18 Å². The highest BCUT2D eigenvalue weighted by Crippen LogP contribution is 2.22. The topological polar surface area (TPSA) is 63.7 Å². The molecular formula is C18H12FNO4. The number of carbonyl (C=O) groups is 3. The summed E-state index contributed by atoms with van der Waals surface area (Å²) in [5.41, 5.74) is 1.12. The summed E-state index contributed by atoms with van der Waals surface area (Å²) in [6, 6.07) is 12.0. The van der Waals surface area contributed by atoms with Crippen molar-refractivity contribution in [2.24, 2.45) is 0 Å². The van der Waals surface area contributed by atoms with Crippen molar-refractivity contribution in [1.82, 2.24) is 5.06 Å². The summed E-state index contributed by atoms with van der Waals surface area (Å²) in [6.45, 7) is 0. The van der Waals surface area contributed by atoms with Crippen LogP contribution in [0.3, 0.4) is 0 Å². The third kappa shape index (κ3) is 3.08. The van der Waals surface area contributed by atoms with Crippen LogP contribution in [0.25, 0.3) is 6.08 Å². The maximum absolute atomic E-state index is 12.8. The molecule has 2 amide bonds. The summed E-state index contributed by atoms with van der Waals surface area (Å²) < 4.78 is 12.8. The lowest BCUT2D eigenvalue weighted by Crippen LogP contribution is -2.32. The second-order valence-corrected chi connectivity index (χ2v) is 5.07. The van der Waals surface area contributed by atoms with Gasteiger partial charge in [0.2, 0.25) is 0 Å². The van der Waals surface area contributed by atoms with E-state index in [9.17, 15) is 18.8 Å². The van der Waals surface area contributed by atoms with E-state index >= 15 is 0 Å². The third-order valence-corrected chi connectivity index (χ3v) is 3.41. The number of fused-ring (bicyclic) bond motifs is 1. The lowest BCUT2D eigenvalue weighted by atomic mass is 10.1. The van der Waals surface area contributed by atoms with Gasteiger partial charge in [-0.1, -0.05) is 41.5 Å². The molecule has 2 aromatic carbocycles. The van der Waals surface area contributed by atoms with Gasteiger partial charge < -0.3 is 4.84 Å². The van der Waals surface area contributed by atoms with Crippen molar-refractivity contribution in [3.05, 3.63) is 77.1 Å². The Morgan fingerprint density at radius 2 is 1.58 bits per heavy atom. The van der Waals surface area contributed by atoms with Crippen molar-refractivity contribution in [3.63, 3.8) is 0 Å². The van der Waals surface area contributed by atoms with E-state index in [-0.39, 0.29) is 23.4 Å². The minimum Gasteiger partial charge on any atom is -0.329 e. The molecule has 1 aliphatic heterocycles. The molecule has 0 saturated carbocycles. The van der Waals surface area contributed by atoms with E-state index in [1.165, 1.54) is 30.3 Å². The number of carbonyl (C=O) groups excluding carboxylic acids is 3. The molecule has 0 bridgehead atoms. The van der Waals surface area contributed by atoms with Gasteiger partial charge in [0.15, 0.2) is 0 Å². The van der Waals surface area contributed by atoms with Gasteiger partial charge in [-0.15, -0.1) is 0 Å². The summed E-state index contributed by atoms with van der Waals surface area (Å²) in [5.74, 6) is -2.42. The zero-order valence-corrected chi connectivity index (χ0v) is 12.4. The minimum atomic E-state index is -0.747. The Balaban J connectivity index is 1.61. The Hall–Kier alpha value is -3.28. The van der Waals surface area contributed by atoms with Crippen molar-refractivity contribution >= 4 is 23.9 Å². The summed E-state index contributed by atoms with van der Waals surface area (Å²) >= 11 is 0. The van der Waals surface area contributed by atoms with Gasteiger partial charge in [0, 0.05) is 0 Å². The van der Waals surface area contributed by atoms with Gasteiger partial charge >= 0.3 is 5.97 Å². The maximum atomic E-state index is 12.8. The van der Waals surface area contributed by atoms with Crippen molar-refractivity contribution in [2.75, 3.05) is 0 Å². The van der Waals surface area contributed by atoms with Crippen molar-refractivity contribution < 1.29 is 23.6 Å². The quantitative estimate of drug-likeness (QED) is 0.811. The molecule has 120 valence electrons. The highest BCUT2D eigenvalue weighted by molar-refractivity contribution is 6.20. The number of halogens is 1. The van der Waals surface area contributed by atoms with Crippen LogP contribution in [-0.4, -0.2) is 22.8 Å². The van der Waals surface area contributed by atoms with Crippen LogP contribution < -0.4 is 0 Å². The molecule has 0 saturated heterocycles. The van der Waals surface area contributed by atoms with Crippen LogP contribution in [-0.2, 0) is 9.63 Å². The first kappa shape index (κ1) is 15.6. The van der Waals surface area contributed by atoms with Crippen molar-refractivity contribution in [1.29, 1.82) is 0 Å². The van der Waals surface area contributed by atoms with E-state index in [4.69, 9.17) is 4.84 Å². The van der Waals surface area contributed by atoms with Crippen LogP contribution in [0, 0.1) is 5.82 Å². The van der Waals surface area contributed by atoms with Gasteiger partial charge in [-0.2, -0.15) is 0 Å². The number of hydrogen-bond acceptors (Lipinski definition) is 4. The molecule has 5 nitrogen and oxygen atoms in total. The third-order valence-electron chi connectivity index (χ3n) is 3.41. The average molecular weight is 325 g/mol. The Kier molecular flexibility index (Phi) is 4.20. The van der Waals surface area contributed by atoms with E-state index in [1.807, 2.05) is 0 Å². The molecule has 6 heteroatoms. The number of hydrogen-bond donors (Lipinski definition) is 0. The van der Waals surface area contributed by atoms with Crippen LogP contribution in [0.15, 0.2) is 54.6 Å². The fourth-order valence-corrected chi connectivity index (χ4v) is 2.25. The van der Waals surface area contributed by atoms with Gasteiger partial charge in [-0.05, 0) is 29.8 Å². The monoisotopic (exact) mass is 325 g/mol. The second-order valence-electron chi connectivity index (χ2n) is 5.07. The molecule has 3 rings (SSSR count). The smallest absolute Gasteiger partial charge is 0.329 e. The molecule has 0 aromatic heterocycles. The number of amides is 2. The molecule has 0 N–H and O–H groups in total. The zero-order valence-electron chi connectivity index (χ0n) is 12.4. The molecule has 24 heavy (non-hydrogen) atoms. The molecule has 0 atom stereocenters. The summed E-state index contributed by atoms with van der Waals surface area (Å²) in [6.07, 6.45) is 2.99. The first-order valence-corrected chi connectivity index (χ1v) is 7.17. The van der Waals surface area contributed by atoms with Crippen molar-refractivity contribution in [2.45, 2.75) is 6.42 Å². The van der Waals surface area contributed by atoms with Crippen molar-refractivity contribution in [3.8, 4) is 0 Å². The predicted octanol–water partition coefficient (Wildman–Crippen LogP) is 2.98. The molecule has 0 aliphatic carbocycles. The van der Waals surface area contributed by atoms with Crippen LogP contribution in [0.2, 0.25) is 0 Å². The molecule has 0 unspecified atom stereocenters. The lowest BCUT2D eigenvalue weighted by molar-refractivity contribution is -0.167. The molecule has 0 radical (unpaired) electrons. The summed E-state index contributed by atoms with van der Waals surface area (Å²) in [7, 11) is 0. The van der Waals surface area contributed by atoms with Gasteiger partial charge in [-0.3, -0.25) is 9.59 Å². The zero-order chi connectivity index (χ0) is 17.1. The standard InChI is InChI=1S/C18H12FNO4/c19-13-10-8-12(9-11-13)4-3-7-16(21)24-20-17(22)14-5-1-2-6-15(14)18(20)23/h1-6,8-11H,7H2/b4-3+. The lowest BCUT2D eigenvalue weighted by Gasteiger charge is -2.11. The minimum absolute atomic E-state index is 0.134. The van der Waals surface area contributed by atoms with Crippen LogP contribution in [0.1, 0.15) is 32.7 Å². The highest BCUT2D eigenvalue weighted by atomic mass is 19.1. The Morgan fingerprint density at radius 1 is 1.00 bits per heavy atom. The number of benzene rings is 2. The Morgan fingerprint density at radius 3 is 2.17 bits per heavy atom. The molecule has 1 aliphatic rings. The maximum Gasteiger partial charge on any atom is 0.336 e. The van der Waals surface area contributed by atoms with Crippen LogP contribution >= 0.6 is 0 Å². The molecule has 0 spiro atoms. The average Bonchev–Trinajstić information content (AvgIpc) is 2.82. The largest absolute Gasteiger partial charge is 0.336 e. The normalized spacial score (nSPS) is 13.5. The van der Waals surface area contributed by atoms with Crippen LogP contribution in [0.5, 0.6) is 0 Å². The second kappa shape index (κ2) is 6.45. The number of nitrogens with zero attached hydrogens (tertiary/aromatic N) is 1. The van der Waals surface area contributed by atoms with E-state index in [1.54, 1.807) is 30.3 Å². The summed E-state index contributed by atoms with van der Waals surface area (Å²) in [5, 5.41) is 0.471. The van der Waals surface area contributed by atoms with Gasteiger partial charge in [0.25, 0.3) is 11.8 Å². The number of hydroxylamine groups is 2. The fourth-order valence-electron chi connectivity index (χ4n) is 2.25. The van der Waals surface area contributed by atoms with E-state index < -0.39 is 17.8 Å². The SMILES string of the molecule is O=C(C/C=C/c1ccc(F)cc1)ON1C(=O)c2ccccc2C1=O. The Bertz CT molecular complexity index is 807. The predicted molar refractivity (Wildman–Crippen MR) is 83.1 cm³/mol. The Labute approximate surface area is 136 Å². The summed E-state index contributed by atoms with van der Waals surface area (Å²) in [4.78, 5) is 40.8. The van der Waals surface area contributed by atoms with E-state index in [0.29, 0.717) is 10.6 Å². The molecule has 1 heterocycles. The van der Waals surface area contributed by atoms with Gasteiger partial charge in [0.1, 0.15) is 5.82 Å². The number of imide groups is 1. The number of rotatable bonds is 4. The molecule has 2 aromatic rings. The van der Waals surface area contributed by atoms with E-state index in [0.717, 1.165) is 0 Å². The van der Waals surface area contributed by atoms with Crippen LogP contribution in [0.4, 0.5) is 4.39 Å². The first-order chi connectivity index (χ1) is 11.6. The molecular weight excluding hydrogens is 313 g/mol. The fraction of sp³-hybridized carbons (Fsp3) is 0.0556. The molecule has 0 fully saturated rings. The van der Waals surface area contributed by atoms with E-state index in [2.05, 4.69) is 0 Å².